The van der Waals surface area contributed by atoms with Crippen LogP contribution >= 0.6 is 0 Å². The Labute approximate surface area is 136 Å². The van der Waals surface area contributed by atoms with Crippen LogP contribution in [0.3, 0.4) is 0 Å². The first-order valence-electron chi connectivity index (χ1n) is 6.97. The number of nitrogens with one attached hydrogen (secondary N) is 4. The lowest BCUT2D eigenvalue weighted by atomic mass is 10.2. The standard InChI is InChI=1S/C14H16N6O4/c1-24-10-4-2-9(3-5-10)8-16-18-11(21)6-7-15-12-13(22)17-14(23)20-19-12/h2-5,8H,6-7H2,1H3,(H,15,19)(H,18,21)(H2,17,20,22,23). The van der Waals surface area contributed by atoms with Gasteiger partial charge in [-0.2, -0.15) is 5.10 Å². The van der Waals surface area contributed by atoms with Gasteiger partial charge in [-0.15, -0.1) is 5.10 Å². The van der Waals surface area contributed by atoms with Gasteiger partial charge >= 0.3 is 5.69 Å². The zero-order chi connectivity index (χ0) is 17.4. The van der Waals surface area contributed by atoms with Gasteiger partial charge in [0.05, 0.1) is 13.3 Å². The Morgan fingerprint density at radius 2 is 2.08 bits per heavy atom. The normalized spacial score (nSPS) is 10.5. The van der Waals surface area contributed by atoms with Crippen molar-refractivity contribution in [2.75, 3.05) is 19.0 Å². The van der Waals surface area contributed by atoms with E-state index in [0.29, 0.717) is 0 Å². The summed E-state index contributed by atoms with van der Waals surface area (Å²) in [6.45, 7) is 0.159. The molecule has 0 spiro atoms. The summed E-state index contributed by atoms with van der Waals surface area (Å²) in [4.78, 5) is 35.8. The van der Waals surface area contributed by atoms with Gasteiger partial charge in [-0.05, 0) is 29.8 Å². The number of nitrogens with zero attached hydrogens (tertiary/aromatic N) is 2. The third kappa shape index (κ3) is 5.09. The van der Waals surface area contributed by atoms with Crippen molar-refractivity contribution in [3.05, 3.63) is 50.7 Å². The molecule has 0 unspecified atom stereocenters. The number of amides is 1. The van der Waals surface area contributed by atoms with E-state index in [1.807, 2.05) is 4.98 Å². The number of H-pyrrole nitrogens is 2. The molecule has 0 aliphatic carbocycles. The largest absolute Gasteiger partial charge is 0.497 e. The molecule has 10 heteroatoms. The van der Waals surface area contributed by atoms with Crippen molar-refractivity contribution in [2.45, 2.75) is 6.42 Å². The zero-order valence-corrected chi connectivity index (χ0v) is 12.8. The molecule has 0 radical (unpaired) electrons. The van der Waals surface area contributed by atoms with Gasteiger partial charge in [0.25, 0.3) is 5.56 Å². The molecule has 0 fully saturated rings. The maximum atomic E-state index is 11.6. The van der Waals surface area contributed by atoms with E-state index in [9.17, 15) is 14.4 Å². The summed E-state index contributed by atoms with van der Waals surface area (Å²) in [7, 11) is 1.58. The predicted molar refractivity (Wildman–Crippen MR) is 87.3 cm³/mol. The van der Waals surface area contributed by atoms with Gasteiger partial charge in [0.2, 0.25) is 11.7 Å². The van der Waals surface area contributed by atoms with E-state index < -0.39 is 11.2 Å². The van der Waals surface area contributed by atoms with Gasteiger partial charge < -0.3 is 10.1 Å². The predicted octanol–water partition coefficient (Wildman–Crippen LogP) is -0.581. The maximum absolute atomic E-state index is 11.6. The van der Waals surface area contributed by atoms with E-state index in [4.69, 9.17) is 4.74 Å². The number of aromatic amines is 2. The van der Waals surface area contributed by atoms with Crippen LogP contribution in [-0.2, 0) is 4.79 Å². The van der Waals surface area contributed by atoms with Crippen molar-refractivity contribution in [3.63, 3.8) is 0 Å². The Balaban J connectivity index is 1.75. The van der Waals surface area contributed by atoms with Crippen LogP contribution in [0.4, 0.5) is 5.82 Å². The Hall–Kier alpha value is -3.43. The number of hydrazone groups is 1. The van der Waals surface area contributed by atoms with E-state index in [2.05, 4.69) is 26.0 Å². The molecule has 2 aromatic rings. The summed E-state index contributed by atoms with van der Waals surface area (Å²) >= 11 is 0. The van der Waals surface area contributed by atoms with Crippen molar-refractivity contribution in [1.29, 1.82) is 0 Å². The second-order valence-electron chi connectivity index (χ2n) is 4.60. The lowest BCUT2D eigenvalue weighted by Crippen LogP contribution is -2.28. The number of hydrogen-bond donors (Lipinski definition) is 4. The lowest BCUT2D eigenvalue weighted by Gasteiger charge is -2.03. The molecule has 0 atom stereocenters. The Morgan fingerprint density at radius 3 is 2.75 bits per heavy atom. The Bertz CT molecular complexity index is 824. The van der Waals surface area contributed by atoms with Crippen molar-refractivity contribution in [2.24, 2.45) is 5.10 Å². The number of hydrogen-bond acceptors (Lipinski definition) is 7. The summed E-state index contributed by atoms with van der Waals surface area (Å²) in [6, 6.07) is 7.15. The number of benzene rings is 1. The first kappa shape index (κ1) is 16.9. The molecule has 1 amide bonds. The van der Waals surface area contributed by atoms with Crippen LogP contribution < -0.4 is 26.7 Å². The Kier molecular flexibility index (Phi) is 5.83. The van der Waals surface area contributed by atoms with Crippen LogP contribution in [0.15, 0.2) is 39.0 Å². The van der Waals surface area contributed by atoms with Crippen LogP contribution in [0, 0.1) is 0 Å². The fraction of sp³-hybridized carbons (Fsp3) is 0.214. The van der Waals surface area contributed by atoms with E-state index in [0.717, 1.165) is 11.3 Å². The quantitative estimate of drug-likeness (QED) is 0.395. The first-order valence-corrected chi connectivity index (χ1v) is 6.97. The number of aromatic nitrogens is 3. The fourth-order valence-electron chi connectivity index (χ4n) is 1.69. The van der Waals surface area contributed by atoms with Gasteiger partial charge in [-0.3, -0.25) is 14.6 Å². The SMILES string of the molecule is COc1ccc(C=NNC(=O)CCNc2n[nH]c(=O)[nH]c2=O)cc1. The molecule has 0 saturated heterocycles. The topological polar surface area (TPSA) is 141 Å². The molecule has 0 saturated carbocycles. The molecule has 0 aliphatic heterocycles. The molecule has 0 aliphatic rings. The lowest BCUT2D eigenvalue weighted by molar-refractivity contribution is -0.120. The van der Waals surface area contributed by atoms with E-state index in [1.54, 1.807) is 31.4 Å². The molecule has 10 nitrogen and oxygen atoms in total. The van der Waals surface area contributed by atoms with Crippen LogP contribution in [0.25, 0.3) is 0 Å². The average molecular weight is 332 g/mol. The highest BCUT2D eigenvalue weighted by atomic mass is 16.5. The maximum Gasteiger partial charge on any atom is 0.342 e. The van der Waals surface area contributed by atoms with Crippen LogP contribution in [0.2, 0.25) is 0 Å². The average Bonchev–Trinajstić information content (AvgIpc) is 2.57. The van der Waals surface area contributed by atoms with Gasteiger partial charge in [-0.25, -0.2) is 15.3 Å². The summed E-state index contributed by atoms with van der Waals surface area (Å²) < 4.78 is 5.04. The van der Waals surface area contributed by atoms with Gasteiger partial charge in [-0.1, -0.05) is 0 Å². The number of rotatable bonds is 7. The van der Waals surface area contributed by atoms with Crippen molar-refractivity contribution < 1.29 is 9.53 Å². The van der Waals surface area contributed by atoms with Gasteiger partial charge in [0.1, 0.15) is 5.75 Å². The monoisotopic (exact) mass is 332 g/mol. The second-order valence-corrected chi connectivity index (χ2v) is 4.60. The smallest absolute Gasteiger partial charge is 0.342 e. The molecule has 24 heavy (non-hydrogen) atoms. The highest BCUT2D eigenvalue weighted by Crippen LogP contribution is 2.09. The van der Waals surface area contributed by atoms with Crippen LogP contribution in [0.1, 0.15) is 12.0 Å². The van der Waals surface area contributed by atoms with Crippen molar-refractivity contribution >= 4 is 17.9 Å². The molecule has 0 bridgehead atoms. The summed E-state index contributed by atoms with van der Waals surface area (Å²) in [5.41, 5.74) is 1.81. The molecular formula is C14H16N6O4. The van der Waals surface area contributed by atoms with Crippen molar-refractivity contribution in [1.82, 2.24) is 20.6 Å². The molecule has 1 aromatic carbocycles. The molecule has 1 aromatic heterocycles. The fourth-order valence-corrected chi connectivity index (χ4v) is 1.69. The highest BCUT2D eigenvalue weighted by molar-refractivity contribution is 5.82. The van der Waals surface area contributed by atoms with E-state index >= 15 is 0 Å². The van der Waals surface area contributed by atoms with Crippen LogP contribution in [0.5, 0.6) is 5.75 Å². The van der Waals surface area contributed by atoms with E-state index in [1.165, 1.54) is 6.21 Å². The number of ether oxygens (including phenoxy) is 1. The minimum absolute atomic E-state index is 0.0656. The van der Waals surface area contributed by atoms with Gasteiger partial charge in [0, 0.05) is 13.0 Å². The Morgan fingerprint density at radius 1 is 1.33 bits per heavy atom. The molecule has 126 valence electrons. The molecule has 4 N–H and O–H groups in total. The summed E-state index contributed by atoms with van der Waals surface area (Å²) in [5, 5.41) is 12.1. The third-order valence-corrected chi connectivity index (χ3v) is 2.87. The third-order valence-electron chi connectivity index (χ3n) is 2.87. The number of methoxy groups -OCH3 is 1. The second kappa shape index (κ2) is 8.27. The zero-order valence-electron chi connectivity index (χ0n) is 12.8. The number of carbonyl (C=O) groups excluding carboxylic acids is 1. The molecule has 1 heterocycles. The first-order chi connectivity index (χ1) is 11.6. The van der Waals surface area contributed by atoms with Gasteiger partial charge in [0.15, 0.2) is 0 Å². The summed E-state index contributed by atoms with van der Waals surface area (Å²) in [6.07, 6.45) is 1.57. The van der Waals surface area contributed by atoms with Crippen molar-refractivity contribution in [3.8, 4) is 5.75 Å². The highest BCUT2D eigenvalue weighted by Gasteiger charge is 2.03. The van der Waals surface area contributed by atoms with Crippen LogP contribution in [-0.4, -0.2) is 41.0 Å². The van der Waals surface area contributed by atoms with E-state index in [-0.39, 0.29) is 24.7 Å². The number of carbonyl (C=O) groups is 1. The summed E-state index contributed by atoms with van der Waals surface area (Å²) in [5.74, 6) is 0.324. The molecule has 2 rings (SSSR count). The molecular weight excluding hydrogens is 316 g/mol. The number of anilines is 1. The minimum atomic E-state index is -0.698. The minimum Gasteiger partial charge on any atom is -0.497 e.